The van der Waals surface area contributed by atoms with E-state index in [4.69, 9.17) is 4.74 Å². The van der Waals surface area contributed by atoms with Gasteiger partial charge in [0.1, 0.15) is 5.75 Å². The summed E-state index contributed by atoms with van der Waals surface area (Å²) in [5.74, 6) is 1.05. The van der Waals surface area contributed by atoms with Crippen molar-refractivity contribution in [3.8, 4) is 5.75 Å². The molecule has 0 saturated heterocycles. The maximum absolute atomic E-state index is 12.2. The van der Waals surface area contributed by atoms with Crippen molar-refractivity contribution in [1.82, 2.24) is 0 Å². The SMILES string of the molecule is O=C(/C=C/c1ccc(C2CC2)s1)c1ccc(OCCCC(F)(F)F)cc1. The molecule has 0 bridgehead atoms. The summed E-state index contributed by atoms with van der Waals surface area (Å²) in [5, 5.41) is 0. The normalized spacial score (nSPS) is 14.7. The standard InChI is InChI=1S/C20H19F3O2S/c21-20(22,23)12-1-13-25-16-6-4-14(5-7-16)18(24)10-8-17-9-11-19(26-17)15-2-3-15/h4-11,15H,1-3,12-13H2/b10-8+. The van der Waals surface area contributed by atoms with Crippen molar-refractivity contribution in [3.63, 3.8) is 0 Å². The average Bonchev–Trinajstić information content (AvgIpc) is 3.35. The summed E-state index contributed by atoms with van der Waals surface area (Å²) in [6.07, 6.45) is 0.770. The smallest absolute Gasteiger partial charge is 0.389 e. The Kier molecular flexibility index (Phi) is 5.81. The first kappa shape index (κ1) is 18.7. The molecule has 0 aliphatic heterocycles. The third-order valence-corrected chi connectivity index (χ3v) is 5.25. The molecule has 1 aliphatic rings. The van der Waals surface area contributed by atoms with Gasteiger partial charge < -0.3 is 4.74 Å². The lowest BCUT2D eigenvalue weighted by Gasteiger charge is -2.08. The zero-order valence-corrected chi connectivity index (χ0v) is 14.9. The molecule has 6 heteroatoms. The molecule has 0 unspecified atom stereocenters. The molecule has 0 spiro atoms. The maximum atomic E-state index is 12.2. The van der Waals surface area contributed by atoms with Crippen LogP contribution in [0.4, 0.5) is 13.2 Å². The summed E-state index contributed by atoms with van der Waals surface area (Å²) in [4.78, 5) is 14.6. The van der Waals surface area contributed by atoms with Crippen LogP contribution < -0.4 is 4.74 Å². The monoisotopic (exact) mass is 380 g/mol. The van der Waals surface area contributed by atoms with E-state index < -0.39 is 12.6 Å². The Morgan fingerprint density at radius 3 is 2.54 bits per heavy atom. The second-order valence-corrected chi connectivity index (χ2v) is 7.45. The van der Waals surface area contributed by atoms with Gasteiger partial charge in [0, 0.05) is 21.7 Å². The number of alkyl halides is 3. The van der Waals surface area contributed by atoms with Crippen LogP contribution in [-0.2, 0) is 0 Å². The highest BCUT2D eigenvalue weighted by Gasteiger charge is 2.26. The van der Waals surface area contributed by atoms with E-state index in [1.807, 2.05) is 12.1 Å². The van der Waals surface area contributed by atoms with Gasteiger partial charge in [-0.05, 0) is 73.7 Å². The van der Waals surface area contributed by atoms with Crippen molar-refractivity contribution < 1.29 is 22.7 Å². The van der Waals surface area contributed by atoms with E-state index in [1.165, 1.54) is 17.7 Å². The fraction of sp³-hybridized carbons (Fsp3) is 0.350. The van der Waals surface area contributed by atoms with Gasteiger partial charge in [0.05, 0.1) is 6.61 Å². The minimum absolute atomic E-state index is 0.00554. The van der Waals surface area contributed by atoms with Gasteiger partial charge in [0.15, 0.2) is 5.78 Å². The number of halogens is 3. The highest BCUT2D eigenvalue weighted by atomic mass is 32.1. The highest BCUT2D eigenvalue weighted by Crippen LogP contribution is 2.43. The average molecular weight is 380 g/mol. The molecule has 3 rings (SSSR count). The summed E-state index contributed by atoms with van der Waals surface area (Å²) >= 11 is 1.72. The molecule has 1 saturated carbocycles. The number of ether oxygens (including phenoxy) is 1. The molecule has 1 aliphatic carbocycles. The molecule has 1 heterocycles. The van der Waals surface area contributed by atoms with Gasteiger partial charge in [0.25, 0.3) is 0 Å². The second kappa shape index (κ2) is 8.08. The first-order chi connectivity index (χ1) is 12.4. The first-order valence-corrected chi connectivity index (χ1v) is 9.34. The summed E-state index contributed by atoms with van der Waals surface area (Å²) in [5.41, 5.74) is 0.517. The van der Waals surface area contributed by atoms with Crippen LogP contribution >= 0.6 is 11.3 Å². The molecule has 26 heavy (non-hydrogen) atoms. The summed E-state index contributed by atoms with van der Waals surface area (Å²) in [7, 11) is 0. The number of ketones is 1. The van der Waals surface area contributed by atoms with Crippen LogP contribution in [0.1, 0.15) is 51.7 Å². The van der Waals surface area contributed by atoms with Crippen molar-refractivity contribution in [2.24, 2.45) is 0 Å². The molecule has 1 aromatic heterocycles. The minimum Gasteiger partial charge on any atom is -0.494 e. The van der Waals surface area contributed by atoms with Gasteiger partial charge in [-0.3, -0.25) is 4.79 Å². The van der Waals surface area contributed by atoms with Crippen LogP contribution in [0.15, 0.2) is 42.5 Å². The number of benzene rings is 1. The predicted octanol–water partition coefficient (Wildman–Crippen LogP) is 6.24. The van der Waals surface area contributed by atoms with Crippen LogP contribution in [0.25, 0.3) is 6.08 Å². The summed E-state index contributed by atoms with van der Waals surface area (Å²) in [6, 6.07) is 10.6. The van der Waals surface area contributed by atoms with Crippen molar-refractivity contribution in [2.45, 2.75) is 37.8 Å². The van der Waals surface area contributed by atoms with Crippen molar-refractivity contribution in [2.75, 3.05) is 6.61 Å². The lowest BCUT2D eigenvalue weighted by molar-refractivity contribution is -0.136. The van der Waals surface area contributed by atoms with Crippen molar-refractivity contribution >= 4 is 23.2 Å². The lowest BCUT2D eigenvalue weighted by atomic mass is 10.1. The van der Waals surface area contributed by atoms with E-state index in [9.17, 15) is 18.0 Å². The van der Waals surface area contributed by atoms with E-state index in [2.05, 4.69) is 6.07 Å². The van der Waals surface area contributed by atoms with Crippen LogP contribution in [0, 0.1) is 0 Å². The minimum atomic E-state index is -4.16. The Labute approximate surface area is 154 Å². The fourth-order valence-electron chi connectivity index (χ4n) is 2.48. The Morgan fingerprint density at radius 2 is 1.88 bits per heavy atom. The number of rotatable bonds is 8. The Hall–Kier alpha value is -2.08. The second-order valence-electron chi connectivity index (χ2n) is 6.30. The molecular formula is C20H19F3O2S. The van der Waals surface area contributed by atoms with Gasteiger partial charge in [-0.25, -0.2) is 0 Å². The molecule has 1 aromatic carbocycles. The van der Waals surface area contributed by atoms with E-state index in [0.29, 0.717) is 17.2 Å². The van der Waals surface area contributed by atoms with E-state index in [0.717, 1.165) is 4.88 Å². The van der Waals surface area contributed by atoms with Crippen LogP contribution in [0.5, 0.6) is 5.75 Å². The number of hydrogen-bond acceptors (Lipinski definition) is 3. The number of hydrogen-bond donors (Lipinski definition) is 0. The quantitative estimate of drug-likeness (QED) is 0.308. The lowest BCUT2D eigenvalue weighted by Crippen LogP contribution is -2.09. The van der Waals surface area contributed by atoms with Crippen molar-refractivity contribution in [3.05, 3.63) is 57.8 Å². The fourth-order valence-corrected chi connectivity index (χ4v) is 3.56. The molecule has 0 amide bonds. The number of allylic oxidation sites excluding steroid dienone is 1. The van der Waals surface area contributed by atoms with Crippen LogP contribution in [0.3, 0.4) is 0 Å². The van der Waals surface area contributed by atoms with E-state index in [1.54, 1.807) is 41.7 Å². The molecule has 0 radical (unpaired) electrons. The number of carbonyl (C=O) groups is 1. The number of carbonyl (C=O) groups excluding carboxylic acids is 1. The Bertz CT molecular complexity index is 771. The molecular weight excluding hydrogens is 361 g/mol. The molecule has 0 atom stereocenters. The van der Waals surface area contributed by atoms with E-state index in [-0.39, 0.29) is 18.8 Å². The van der Waals surface area contributed by atoms with Gasteiger partial charge in [-0.15, -0.1) is 11.3 Å². The number of thiophene rings is 1. The first-order valence-electron chi connectivity index (χ1n) is 8.52. The maximum Gasteiger partial charge on any atom is 0.389 e. The zero-order chi connectivity index (χ0) is 18.6. The molecule has 2 nitrogen and oxygen atoms in total. The van der Waals surface area contributed by atoms with Gasteiger partial charge in [-0.2, -0.15) is 13.2 Å². The summed E-state index contributed by atoms with van der Waals surface area (Å²) in [6.45, 7) is -0.00554. The largest absolute Gasteiger partial charge is 0.494 e. The third kappa shape index (κ3) is 5.73. The van der Waals surface area contributed by atoms with Crippen molar-refractivity contribution in [1.29, 1.82) is 0 Å². The molecule has 2 aromatic rings. The Balaban J connectivity index is 1.49. The topological polar surface area (TPSA) is 26.3 Å². The third-order valence-electron chi connectivity index (χ3n) is 4.04. The summed E-state index contributed by atoms with van der Waals surface area (Å²) < 4.78 is 41.5. The van der Waals surface area contributed by atoms with Gasteiger partial charge in [-0.1, -0.05) is 0 Å². The molecule has 1 fully saturated rings. The van der Waals surface area contributed by atoms with Crippen LogP contribution in [-0.4, -0.2) is 18.6 Å². The molecule has 0 N–H and O–H groups in total. The predicted molar refractivity (Wildman–Crippen MR) is 96.9 cm³/mol. The van der Waals surface area contributed by atoms with Crippen LogP contribution in [0.2, 0.25) is 0 Å². The zero-order valence-electron chi connectivity index (χ0n) is 14.1. The van der Waals surface area contributed by atoms with E-state index >= 15 is 0 Å². The highest BCUT2D eigenvalue weighted by molar-refractivity contribution is 7.13. The van der Waals surface area contributed by atoms with Gasteiger partial charge in [0.2, 0.25) is 0 Å². The van der Waals surface area contributed by atoms with Gasteiger partial charge >= 0.3 is 6.18 Å². The Morgan fingerprint density at radius 1 is 1.15 bits per heavy atom. The molecule has 138 valence electrons.